The van der Waals surface area contributed by atoms with E-state index in [1.807, 2.05) is 24.9 Å². The van der Waals surface area contributed by atoms with Crippen molar-refractivity contribution in [2.75, 3.05) is 7.05 Å². The second-order valence-electron chi connectivity index (χ2n) is 5.51. The second-order valence-corrected chi connectivity index (χ2v) is 6.53. The largest absolute Gasteiger partial charge is 0.321 e. The number of rotatable bonds is 6. The van der Waals surface area contributed by atoms with Crippen LogP contribution in [-0.2, 0) is 12.4 Å². The first kappa shape index (κ1) is 21.6. The highest BCUT2D eigenvalue weighted by Gasteiger charge is 2.10. The maximum atomic E-state index is 4.78. The molecule has 3 rings (SSSR count). The lowest BCUT2D eigenvalue weighted by Gasteiger charge is -2.08. The van der Waals surface area contributed by atoms with Crippen molar-refractivity contribution in [1.82, 2.24) is 14.9 Å². The Labute approximate surface area is 166 Å². The van der Waals surface area contributed by atoms with E-state index in [-0.39, 0.29) is 24.8 Å². The van der Waals surface area contributed by atoms with Crippen LogP contribution in [0, 0.1) is 6.92 Å². The first-order chi connectivity index (χ1) is 11.3. The molecule has 0 spiro atoms. The molecule has 25 heavy (non-hydrogen) atoms. The average Bonchev–Trinajstić information content (AvgIpc) is 2.98. The Balaban J connectivity index is 0.00000156. The Morgan fingerprint density at radius 3 is 2.32 bits per heavy atom. The molecular weight excluding hydrogens is 373 g/mol. The van der Waals surface area contributed by atoms with Gasteiger partial charge < -0.3 is 9.88 Å². The molecule has 0 atom stereocenters. The first-order valence-electron chi connectivity index (χ1n) is 7.72. The van der Waals surface area contributed by atoms with Gasteiger partial charge >= 0.3 is 0 Å². The quantitative estimate of drug-likeness (QED) is 0.583. The van der Waals surface area contributed by atoms with Crippen molar-refractivity contribution in [3.8, 4) is 11.4 Å². The van der Waals surface area contributed by atoms with Gasteiger partial charge in [0.2, 0.25) is 0 Å². The summed E-state index contributed by atoms with van der Waals surface area (Å²) in [6, 6.07) is 19.0. The minimum atomic E-state index is 0. The summed E-state index contributed by atoms with van der Waals surface area (Å²) in [6.07, 6.45) is 2.14. The predicted molar refractivity (Wildman–Crippen MR) is 112 cm³/mol. The van der Waals surface area contributed by atoms with E-state index in [1.54, 1.807) is 0 Å². The summed E-state index contributed by atoms with van der Waals surface area (Å²) in [5.41, 5.74) is 3.51. The van der Waals surface area contributed by atoms with Crippen molar-refractivity contribution in [1.29, 1.82) is 0 Å². The van der Waals surface area contributed by atoms with Crippen molar-refractivity contribution in [3.63, 3.8) is 0 Å². The van der Waals surface area contributed by atoms with Crippen LogP contribution >= 0.6 is 36.6 Å². The number of halogens is 2. The summed E-state index contributed by atoms with van der Waals surface area (Å²) in [7, 11) is 1.95. The minimum Gasteiger partial charge on any atom is -0.321 e. The van der Waals surface area contributed by atoms with Crippen molar-refractivity contribution in [3.05, 3.63) is 72.1 Å². The molecule has 0 bridgehead atoms. The van der Waals surface area contributed by atoms with Gasteiger partial charge in [0.15, 0.2) is 0 Å². The third kappa shape index (κ3) is 5.79. The summed E-state index contributed by atoms with van der Waals surface area (Å²) in [6.45, 7) is 2.89. The van der Waals surface area contributed by atoms with E-state index in [2.05, 4.69) is 71.5 Å². The van der Waals surface area contributed by atoms with E-state index >= 15 is 0 Å². The van der Waals surface area contributed by atoms with Crippen LogP contribution in [0.2, 0.25) is 0 Å². The molecule has 0 unspecified atom stereocenters. The molecule has 1 heterocycles. The molecule has 0 aliphatic rings. The maximum absolute atomic E-state index is 4.78. The van der Waals surface area contributed by atoms with Crippen LogP contribution in [0.5, 0.6) is 0 Å². The van der Waals surface area contributed by atoms with Crippen LogP contribution in [0.25, 0.3) is 11.4 Å². The molecule has 0 saturated carbocycles. The Morgan fingerprint density at radius 2 is 1.68 bits per heavy atom. The lowest BCUT2D eigenvalue weighted by Crippen LogP contribution is -2.05. The van der Waals surface area contributed by atoms with Crippen LogP contribution < -0.4 is 5.32 Å². The van der Waals surface area contributed by atoms with Crippen molar-refractivity contribution in [2.45, 2.75) is 24.2 Å². The van der Waals surface area contributed by atoms with E-state index < -0.39 is 0 Å². The Bertz CT molecular complexity index is 758. The van der Waals surface area contributed by atoms with Gasteiger partial charge in [0.1, 0.15) is 5.82 Å². The van der Waals surface area contributed by atoms with Gasteiger partial charge in [-0.1, -0.05) is 48.0 Å². The van der Waals surface area contributed by atoms with E-state index in [0.29, 0.717) is 0 Å². The molecule has 1 aromatic heterocycles. The zero-order chi connectivity index (χ0) is 16.1. The number of imidazole rings is 1. The number of hydrogen-bond donors (Lipinski definition) is 1. The summed E-state index contributed by atoms with van der Waals surface area (Å²) in [4.78, 5) is 6.06. The molecule has 6 heteroatoms. The number of hydrogen-bond acceptors (Lipinski definition) is 3. The molecule has 1 N–H and O–H groups in total. The third-order valence-corrected chi connectivity index (χ3v) is 4.62. The van der Waals surface area contributed by atoms with Crippen LogP contribution in [-0.4, -0.2) is 16.6 Å². The van der Waals surface area contributed by atoms with Gasteiger partial charge in [-0.3, -0.25) is 0 Å². The molecular formula is C19H23Cl2N3S. The Hall–Kier alpha value is -1.46. The van der Waals surface area contributed by atoms with Gasteiger partial charge in [0, 0.05) is 23.2 Å². The Kier molecular flexibility index (Phi) is 9.08. The first-order valence-corrected chi connectivity index (χ1v) is 8.70. The normalized spacial score (nSPS) is 10.0. The van der Waals surface area contributed by atoms with Gasteiger partial charge in [-0.25, -0.2) is 4.98 Å². The maximum Gasteiger partial charge on any atom is 0.141 e. The van der Waals surface area contributed by atoms with E-state index in [1.165, 1.54) is 10.5 Å². The van der Waals surface area contributed by atoms with Crippen LogP contribution in [0.1, 0.15) is 11.3 Å². The third-order valence-electron chi connectivity index (χ3n) is 3.61. The molecule has 0 aliphatic heterocycles. The fourth-order valence-corrected chi connectivity index (χ4v) is 3.24. The van der Waals surface area contributed by atoms with Gasteiger partial charge in [-0.15, -0.1) is 36.6 Å². The Morgan fingerprint density at radius 1 is 1.00 bits per heavy atom. The van der Waals surface area contributed by atoms with Crippen molar-refractivity contribution >= 4 is 36.6 Å². The summed E-state index contributed by atoms with van der Waals surface area (Å²) in [5.74, 6) is 1.87. The average molecular weight is 396 g/mol. The van der Waals surface area contributed by atoms with Gasteiger partial charge in [0.25, 0.3) is 0 Å². The fourth-order valence-electron chi connectivity index (χ4n) is 2.43. The number of thioether (sulfide) groups is 1. The SMILES string of the molecule is CNCc1cn(CSc2ccc(C)cc2)c(-c2ccccc2)n1.Cl.Cl. The van der Waals surface area contributed by atoms with Crippen molar-refractivity contribution in [2.24, 2.45) is 0 Å². The molecule has 0 radical (unpaired) electrons. The standard InChI is InChI=1S/C19H21N3S.2ClH/c1-15-8-10-18(11-9-15)23-14-22-13-17(12-20-2)21-19(22)16-6-4-3-5-7-16;;/h3-11,13,20H,12,14H2,1-2H3;2*1H. The molecule has 3 nitrogen and oxygen atoms in total. The second kappa shape index (κ2) is 10.5. The van der Waals surface area contributed by atoms with E-state index in [0.717, 1.165) is 29.5 Å². The molecule has 0 saturated heterocycles. The number of nitrogens with zero attached hydrogens (tertiary/aromatic N) is 2. The highest BCUT2D eigenvalue weighted by atomic mass is 35.5. The lowest BCUT2D eigenvalue weighted by molar-refractivity contribution is 0.795. The zero-order valence-corrected chi connectivity index (χ0v) is 16.8. The monoisotopic (exact) mass is 395 g/mol. The van der Waals surface area contributed by atoms with Gasteiger partial charge in [0.05, 0.1) is 11.6 Å². The molecule has 2 aromatic carbocycles. The van der Waals surface area contributed by atoms with E-state index in [4.69, 9.17) is 4.98 Å². The minimum absolute atomic E-state index is 0. The van der Waals surface area contributed by atoms with Crippen LogP contribution in [0.4, 0.5) is 0 Å². The smallest absolute Gasteiger partial charge is 0.141 e. The highest BCUT2D eigenvalue weighted by molar-refractivity contribution is 7.98. The summed E-state index contributed by atoms with van der Waals surface area (Å²) < 4.78 is 2.23. The molecule has 3 aromatic rings. The molecule has 0 fully saturated rings. The molecule has 134 valence electrons. The lowest BCUT2D eigenvalue weighted by atomic mass is 10.2. The summed E-state index contributed by atoms with van der Waals surface area (Å²) in [5, 5.41) is 3.17. The molecule has 0 amide bonds. The van der Waals surface area contributed by atoms with Gasteiger partial charge in [-0.05, 0) is 26.1 Å². The number of aryl methyl sites for hydroxylation is 1. The highest BCUT2D eigenvalue weighted by Crippen LogP contribution is 2.25. The number of aromatic nitrogens is 2. The number of nitrogens with one attached hydrogen (secondary N) is 1. The zero-order valence-electron chi connectivity index (χ0n) is 14.3. The molecule has 0 aliphatic carbocycles. The number of benzene rings is 2. The van der Waals surface area contributed by atoms with E-state index in [9.17, 15) is 0 Å². The topological polar surface area (TPSA) is 29.9 Å². The van der Waals surface area contributed by atoms with Crippen molar-refractivity contribution < 1.29 is 0 Å². The fraction of sp³-hybridized carbons (Fsp3) is 0.211. The van der Waals surface area contributed by atoms with Gasteiger partial charge in [-0.2, -0.15) is 0 Å². The summed E-state index contributed by atoms with van der Waals surface area (Å²) >= 11 is 1.83. The predicted octanol–water partition coefficient (Wildman–Crippen LogP) is 5.17. The van der Waals surface area contributed by atoms with Crippen LogP contribution in [0.3, 0.4) is 0 Å². The van der Waals surface area contributed by atoms with Crippen LogP contribution in [0.15, 0.2) is 65.7 Å².